The minimum absolute atomic E-state index is 0.207. The van der Waals surface area contributed by atoms with Crippen molar-refractivity contribution in [1.82, 2.24) is 13.5 Å². The number of hydrogen-bond acceptors (Lipinski definition) is 4. The Labute approximate surface area is 162 Å². The van der Waals surface area contributed by atoms with Crippen molar-refractivity contribution >= 4 is 10.2 Å². The second kappa shape index (κ2) is 9.43. The number of morpholine rings is 1. The lowest BCUT2D eigenvalue weighted by Crippen LogP contribution is -2.49. The first kappa shape index (κ1) is 20.7. The molecule has 8 heteroatoms. The summed E-state index contributed by atoms with van der Waals surface area (Å²) >= 11 is 0. The quantitative estimate of drug-likeness (QED) is 0.699. The molecule has 1 aromatic rings. The minimum atomic E-state index is -3.41. The lowest BCUT2D eigenvalue weighted by molar-refractivity contribution is 0.0698. The van der Waals surface area contributed by atoms with Gasteiger partial charge in [0.1, 0.15) is 5.82 Å². The standard InChI is InChI=1S/C19H30FN3O3S/c1-21(27(24,25)23-11-13-26-14-12-23)15-18-3-2-9-22(16-18)10-8-17-4-6-19(20)7-5-17/h4-7,18H,2-3,8-16H2,1H3/t18-/m1/s1. The van der Waals surface area contributed by atoms with E-state index in [1.54, 1.807) is 7.05 Å². The van der Waals surface area contributed by atoms with Gasteiger partial charge < -0.3 is 9.64 Å². The van der Waals surface area contributed by atoms with Crippen LogP contribution in [0.25, 0.3) is 0 Å². The van der Waals surface area contributed by atoms with Crippen molar-refractivity contribution in [2.45, 2.75) is 19.3 Å². The topological polar surface area (TPSA) is 53.1 Å². The van der Waals surface area contributed by atoms with Crippen LogP contribution in [0.3, 0.4) is 0 Å². The van der Waals surface area contributed by atoms with Crippen LogP contribution in [-0.4, -0.2) is 81.5 Å². The average molecular weight is 400 g/mol. The number of piperidine rings is 1. The minimum Gasteiger partial charge on any atom is -0.379 e. The van der Waals surface area contributed by atoms with Gasteiger partial charge in [0.05, 0.1) is 13.2 Å². The van der Waals surface area contributed by atoms with Crippen LogP contribution >= 0.6 is 0 Å². The fourth-order valence-electron chi connectivity index (χ4n) is 3.87. The molecule has 1 atom stereocenters. The third kappa shape index (κ3) is 5.71. The maximum Gasteiger partial charge on any atom is 0.281 e. The van der Waals surface area contributed by atoms with E-state index in [4.69, 9.17) is 4.74 Å². The molecule has 152 valence electrons. The van der Waals surface area contributed by atoms with Gasteiger partial charge in [0.25, 0.3) is 10.2 Å². The van der Waals surface area contributed by atoms with E-state index in [-0.39, 0.29) is 5.82 Å². The number of likely N-dealkylation sites (tertiary alicyclic amines) is 1. The van der Waals surface area contributed by atoms with Gasteiger partial charge in [-0.3, -0.25) is 0 Å². The lowest BCUT2D eigenvalue weighted by Gasteiger charge is -2.36. The summed E-state index contributed by atoms with van der Waals surface area (Å²) < 4.78 is 46.8. The number of ether oxygens (including phenoxy) is 1. The van der Waals surface area contributed by atoms with E-state index in [2.05, 4.69) is 4.90 Å². The number of hydrogen-bond donors (Lipinski definition) is 0. The van der Waals surface area contributed by atoms with Crippen molar-refractivity contribution in [2.75, 3.05) is 59.5 Å². The normalized spacial score (nSPS) is 23.0. The van der Waals surface area contributed by atoms with Gasteiger partial charge in [0.2, 0.25) is 0 Å². The van der Waals surface area contributed by atoms with Gasteiger partial charge in [-0.1, -0.05) is 12.1 Å². The predicted octanol–water partition coefficient (Wildman–Crippen LogP) is 1.59. The zero-order valence-corrected chi connectivity index (χ0v) is 16.8. The SMILES string of the molecule is CN(C[C@H]1CCCN(CCc2ccc(F)cc2)C1)S(=O)(=O)N1CCOCC1. The van der Waals surface area contributed by atoms with Gasteiger partial charge in [-0.15, -0.1) is 0 Å². The summed E-state index contributed by atoms with van der Waals surface area (Å²) in [6.45, 7) is 5.21. The first-order valence-corrected chi connectivity index (χ1v) is 11.1. The van der Waals surface area contributed by atoms with Crippen LogP contribution in [0.4, 0.5) is 4.39 Å². The predicted molar refractivity (Wildman–Crippen MR) is 103 cm³/mol. The van der Waals surface area contributed by atoms with E-state index in [0.717, 1.165) is 44.5 Å². The molecule has 2 aliphatic rings. The van der Waals surface area contributed by atoms with E-state index in [0.29, 0.717) is 38.8 Å². The molecule has 2 saturated heterocycles. The van der Waals surface area contributed by atoms with Gasteiger partial charge in [-0.25, -0.2) is 4.39 Å². The van der Waals surface area contributed by atoms with Crippen LogP contribution < -0.4 is 0 Å². The summed E-state index contributed by atoms with van der Waals surface area (Å²) in [7, 11) is -1.72. The number of nitrogens with zero attached hydrogens (tertiary/aromatic N) is 3. The van der Waals surface area contributed by atoms with E-state index in [1.165, 1.54) is 20.7 Å². The van der Waals surface area contributed by atoms with Gasteiger partial charge in [-0.2, -0.15) is 17.0 Å². The Bertz CT molecular complexity index is 693. The second-order valence-electron chi connectivity index (χ2n) is 7.49. The fraction of sp³-hybridized carbons (Fsp3) is 0.684. The summed E-state index contributed by atoms with van der Waals surface area (Å²) in [6.07, 6.45) is 3.02. The van der Waals surface area contributed by atoms with Crippen molar-refractivity contribution in [3.63, 3.8) is 0 Å². The fourth-order valence-corrected chi connectivity index (χ4v) is 5.28. The summed E-state index contributed by atoms with van der Waals surface area (Å²) in [5.74, 6) is 0.133. The van der Waals surface area contributed by atoms with Gasteiger partial charge in [0.15, 0.2) is 0 Å². The lowest BCUT2D eigenvalue weighted by atomic mass is 9.97. The monoisotopic (exact) mass is 399 g/mol. The third-order valence-corrected chi connectivity index (χ3v) is 7.39. The molecule has 1 aromatic carbocycles. The number of benzene rings is 1. The van der Waals surface area contributed by atoms with E-state index in [9.17, 15) is 12.8 Å². The van der Waals surface area contributed by atoms with Crippen molar-refractivity contribution in [2.24, 2.45) is 5.92 Å². The number of halogens is 1. The Kier molecular flexibility index (Phi) is 7.22. The van der Waals surface area contributed by atoms with Crippen LogP contribution in [0.5, 0.6) is 0 Å². The van der Waals surface area contributed by atoms with Crippen LogP contribution in [0.1, 0.15) is 18.4 Å². The Balaban J connectivity index is 1.49. The molecule has 0 saturated carbocycles. The highest BCUT2D eigenvalue weighted by molar-refractivity contribution is 7.86. The van der Waals surface area contributed by atoms with E-state index in [1.807, 2.05) is 12.1 Å². The molecule has 3 rings (SSSR count). The Morgan fingerprint density at radius 3 is 2.59 bits per heavy atom. The zero-order chi connectivity index (χ0) is 19.3. The Morgan fingerprint density at radius 2 is 1.89 bits per heavy atom. The van der Waals surface area contributed by atoms with Gasteiger partial charge >= 0.3 is 0 Å². The molecule has 0 spiro atoms. The average Bonchev–Trinajstić information content (AvgIpc) is 2.68. The highest BCUT2D eigenvalue weighted by Crippen LogP contribution is 2.20. The second-order valence-corrected chi connectivity index (χ2v) is 9.52. The maximum atomic E-state index is 13.0. The smallest absolute Gasteiger partial charge is 0.281 e. The molecule has 27 heavy (non-hydrogen) atoms. The molecule has 0 unspecified atom stereocenters. The molecule has 0 aliphatic carbocycles. The molecular weight excluding hydrogens is 369 g/mol. The van der Waals surface area contributed by atoms with Gasteiger partial charge in [-0.05, 0) is 49.4 Å². The molecule has 6 nitrogen and oxygen atoms in total. The van der Waals surface area contributed by atoms with Crippen molar-refractivity contribution in [3.8, 4) is 0 Å². The zero-order valence-electron chi connectivity index (χ0n) is 16.0. The largest absolute Gasteiger partial charge is 0.379 e. The molecule has 0 N–H and O–H groups in total. The molecule has 2 heterocycles. The van der Waals surface area contributed by atoms with Gasteiger partial charge in [0, 0.05) is 39.8 Å². The first-order chi connectivity index (χ1) is 12.9. The number of rotatable bonds is 7. The molecule has 0 radical (unpaired) electrons. The first-order valence-electron chi connectivity index (χ1n) is 9.71. The van der Waals surface area contributed by atoms with Crippen molar-refractivity contribution in [1.29, 1.82) is 0 Å². The molecule has 0 aromatic heterocycles. The van der Waals surface area contributed by atoms with E-state index < -0.39 is 10.2 Å². The van der Waals surface area contributed by atoms with Crippen molar-refractivity contribution < 1.29 is 17.5 Å². The molecular formula is C19H30FN3O3S. The van der Waals surface area contributed by atoms with Crippen LogP contribution in [0, 0.1) is 11.7 Å². The summed E-state index contributed by atoms with van der Waals surface area (Å²) in [5, 5.41) is 0. The van der Waals surface area contributed by atoms with Crippen molar-refractivity contribution in [3.05, 3.63) is 35.6 Å². The molecule has 0 amide bonds. The molecule has 2 fully saturated rings. The highest BCUT2D eigenvalue weighted by atomic mass is 32.2. The van der Waals surface area contributed by atoms with Crippen LogP contribution in [0.15, 0.2) is 24.3 Å². The third-order valence-electron chi connectivity index (χ3n) is 5.44. The maximum absolute atomic E-state index is 13.0. The Hall–Kier alpha value is -1.06. The molecule has 0 bridgehead atoms. The molecule has 2 aliphatic heterocycles. The summed E-state index contributed by atoms with van der Waals surface area (Å²) in [5.41, 5.74) is 1.13. The van der Waals surface area contributed by atoms with Crippen LogP contribution in [0.2, 0.25) is 0 Å². The summed E-state index contributed by atoms with van der Waals surface area (Å²) in [4.78, 5) is 2.40. The summed E-state index contributed by atoms with van der Waals surface area (Å²) in [6, 6.07) is 6.67. The Morgan fingerprint density at radius 1 is 1.19 bits per heavy atom. The highest BCUT2D eigenvalue weighted by Gasteiger charge is 2.31. The van der Waals surface area contributed by atoms with Crippen LogP contribution in [-0.2, 0) is 21.4 Å². The van der Waals surface area contributed by atoms with E-state index >= 15 is 0 Å².